The fourth-order valence-corrected chi connectivity index (χ4v) is 3.95. The lowest BCUT2D eigenvalue weighted by molar-refractivity contribution is 0.357. The maximum absolute atomic E-state index is 6.14. The van der Waals surface area contributed by atoms with Crippen LogP contribution in [-0.4, -0.2) is 24.7 Å². The summed E-state index contributed by atoms with van der Waals surface area (Å²) in [7, 11) is 1.69. The molecule has 1 fully saturated rings. The number of ether oxygens (including phenoxy) is 1. The van der Waals surface area contributed by atoms with Crippen molar-refractivity contribution in [2.75, 3.05) is 23.9 Å². The molecule has 0 bridgehead atoms. The smallest absolute Gasteiger partial charge is 0.143 e. The van der Waals surface area contributed by atoms with E-state index in [0.29, 0.717) is 11.5 Å². The number of anilines is 1. The number of aryl methyl sites for hydroxylation is 1. The van der Waals surface area contributed by atoms with E-state index in [4.69, 9.17) is 16.3 Å². The van der Waals surface area contributed by atoms with E-state index in [0.717, 1.165) is 27.8 Å². The van der Waals surface area contributed by atoms with E-state index in [1.165, 1.54) is 12.2 Å². The molecule has 0 saturated carbocycles. The summed E-state index contributed by atoms with van der Waals surface area (Å²) >= 11 is 8.16. The van der Waals surface area contributed by atoms with Crippen molar-refractivity contribution in [2.24, 2.45) is 5.41 Å². The molecule has 1 saturated heterocycles. The molecule has 1 aliphatic heterocycles. The Hall–Kier alpha value is -0.540. The van der Waals surface area contributed by atoms with Gasteiger partial charge < -0.3 is 10.1 Å². The van der Waals surface area contributed by atoms with Gasteiger partial charge in [0.2, 0.25) is 0 Å². The Bertz CT molecular complexity index is 462. The zero-order valence-electron chi connectivity index (χ0n) is 12.0. The third-order valence-electron chi connectivity index (χ3n) is 3.45. The van der Waals surface area contributed by atoms with Gasteiger partial charge >= 0.3 is 0 Å². The van der Waals surface area contributed by atoms with Crippen LogP contribution in [0.4, 0.5) is 5.69 Å². The highest BCUT2D eigenvalue weighted by Gasteiger charge is 2.28. The zero-order valence-corrected chi connectivity index (χ0v) is 13.6. The first-order chi connectivity index (χ1) is 8.91. The van der Waals surface area contributed by atoms with Gasteiger partial charge in [-0.25, -0.2) is 0 Å². The third kappa shape index (κ3) is 3.73. The monoisotopic (exact) mass is 299 g/mol. The Balaban J connectivity index is 2.16. The minimum atomic E-state index is 0.398. The number of thioether (sulfide) groups is 1. The second-order valence-corrected chi connectivity index (χ2v) is 7.46. The maximum atomic E-state index is 6.14. The van der Waals surface area contributed by atoms with Gasteiger partial charge in [0.1, 0.15) is 5.75 Å². The van der Waals surface area contributed by atoms with E-state index in [9.17, 15) is 0 Å². The molecule has 4 heteroatoms. The summed E-state index contributed by atoms with van der Waals surface area (Å²) in [6.07, 6.45) is 1.19. The lowest BCUT2D eigenvalue weighted by Crippen LogP contribution is -2.35. The summed E-state index contributed by atoms with van der Waals surface area (Å²) in [5.74, 6) is 3.21. The Morgan fingerprint density at radius 2 is 2.16 bits per heavy atom. The average Bonchev–Trinajstić information content (AvgIpc) is 2.32. The highest BCUT2D eigenvalue weighted by Crippen LogP contribution is 2.37. The summed E-state index contributed by atoms with van der Waals surface area (Å²) < 4.78 is 5.42. The van der Waals surface area contributed by atoms with Crippen molar-refractivity contribution in [1.82, 2.24) is 0 Å². The first-order valence-corrected chi connectivity index (χ1v) is 8.13. The van der Waals surface area contributed by atoms with Crippen LogP contribution in [0.3, 0.4) is 0 Å². The van der Waals surface area contributed by atoms with Crippen LogP contribution < -0.4 is 10.1 Å². The molecule has 19 heavy (non-hydrogen) atoms. The normalized spacial score (nSPS) is 22.1. The molecule has 106 valence electrons. The van der Waals surface area contributed by atoms with Gasteiger partial charge in [-0.05, 0) is 36.1 Å². The molecule has 1 unspecified atom stereocenters. The van der Waals surface area contributed by atoms with Gasteiger partial charge in [0, 0.05) is 22.9 Å². The molecular weight excluding hydrogens is 278 g/mol. The maximum Gasteiger partial charge on any atom is 0.143 e. The van der Waals surface area contributed by atoms with Gasteiger partial charge in [0.15, 0.2) is 0 Å². The van der Waals surface area contributed by atoms with E-state index in [-0.39, 0.29) is 0 Å². The highest BCUT2D eigenvalue weighted by molar-refractivity contribution is 7.99. The average molecular weight is 300 g/mol. The Morgan fingerprint density at radius 1 is 1.42 bits per heavy atom. The predicted molar refractivity (Wildman–Crippen MR) is 85.9 cm³/mol. The number of methoxy groups -OCH3 is 1. The van der Waals surface area contributed by atoms with Crippen LogP contribution in [0.5, 0.6) is 5.75 Å². The number of nitrogens with one attached hydrogen (secondary N) is 1. The molecule has 1 aliphatic rings. The van der Waals surface area contributed by atoms with Crippen molar-refractivity contribution >= 4 is 29.1 Å². The van der Waals surface area contributed by atoms with Gasteiger partial charge in [0.25, 0.3) is 0 Å². The lowest BCUT2D eigenvalue weighted by atomic mass is 9.87. The molecular formula is C15H22ClNOS. The molecule has 1 aromatic rings. The molecule has 1 atom stereocenters. The van der Waals surface area contributed by atoms with Gasteiger partial charge in [-0.1, -0.05) is 25.4 Å². The van der Waals surface area contributed by atoms with Crippen molar-refractivity contribution in [3.63, 3.8) is 0 Å². The van der Waals surface area contributed by atoms with Gasteiger partial charge in [-0.2, -0.15) is 11.8 Å². The number of hydrogen-bond donors (Lipinski definition) is 1. The second-order valence-electron chi connectivity index (χ2n) is 6.03. The minimum absolute atomic E-state index is 0.398. The molecule has 1 heterocycles. The van der Waals surface area contributed by atoms with Crippen molar-refractivity contribution in [1.29, 1.82) is 0 Å². The number of rotatable bonds is 3. The van der Waals surface area contributed by atoms with Crippen LogP contribution in [0.1, 0.15) is 25.8 Å². The summed E-state index contributed by atoms with van der Waals surface area (Å²) in [4.78, 5) is 0. The van der Waals surface area contributed by atoms with E-state index < -0.39 is 0 Å². The van der Waals surface area contributed by atoms with E-state index in [2.05, 4.69) is 25.2 Å². The molecule has 0 aromatic heterocycles. The van der Waals surface area contributed by atoms with Crippen molar-refractivity contribution < 1.29 is 4.74 Å². The topological polar surface area (TPSA) is 21.3 Å². The molecule has 2 nitrogen and oxygen atoms in total. The largest absolute Gasteiger partial charge is 0.495 e. The molecule has 2 rings (SSSR count). The van der Waals surface area contributed by atoms with E-state index in [1.807, 2.05) is 24.8 Å². The minimum Gasteiger partial charge on any atom is -0.495 e. The van der Waals surface area contributed by atoms with Crippen molar-refractivity contribution in [3.8, 4) is 5.75 Å². The Labute approximate surface area is 125 Å². The first-order valence-electron chi connectivity index (χ1n) is 6.60. The second kappa shape index (κ2) is 5.84. The van der Waals surface area contributed by atoms with Gasteiger partial charge in [0.05, 0.1) is 12.8 Å². The van der Waals surface area contributed by atoms with Crippen molar-refractivity contribution in [3.05, 3.63) is 22.7 Å². The van der Waals surface area contributed by atoms with Gasteiger partial charge in [-0.3, -0.25) is 0 Å². The Morgan fingerprint density at radius 3 is 2.79 bits per heavy atom. The van der Waals surface area contributed by atoms with Crippen LogP contribution in [0.2, 0.25) is 5.02 Å². The fraction of sp³-hybridized carbons (Fsp3) is 0.600. The standard InChI is InChI=1S/C15H22ClNOS/c1-10-5-13(14(18-4)6-12(10)16)17-11-7-15(2,3)9-19-8-11/h5-6,11,17H,7-9H2,1-4H3. The highest BCUT2D eigenvalue weighted by atomic mass is 35.5. The SMILES string of the molecule is COc1cc(Cl)c(C)cc1NC1CSCC(C)(C)C1. The summed E-state index contributed by atoms with van der Waals surface area (Å²) in [5.41, 5.74) is 2.52. The number of benzene rings is 1. The summed E-state index contributed by atoms with van der Waals surface area (Å²) in [5, 5.41) is 4.37. The molecule has 0 aliphatic carbocycles. The summed E-state index contributed by atoms with van der Waals surface area (Å²) in [6, 6.07) is 4.46. The van der Waals surface area contributed by atoms with Gasteiger partial charge in [-0.15, -0.1) is 0 Å². The van der Waals surface area contributed by atoms with Crippen molar-refractivity contribution in [2.45, 2.75) is 33.2 Å². The number of hydrogen-bond acceptors (Lipinski definition) is 3. The van der Waals surface area contributed by atoms with Crippen LogP contribution in [-0.2, 0) is 0 Å². The summed E-state index contributed by atoms with van der Waals surface area (Å²) in [6.45, 7) is 6.68. The lowest BCUT2D eigenvalue weighted by Gasteiger charge is -2.35. The first kappa shape index (κ1) is 14.9. The molecule has 0 amide bonds. The number of halogens is 1. The van der Waals surface area contributed by atoms with Crippen LogP contribution >= 0.6 is 23.4 Å². The Kier molecular flexibility index (Phi) is 4.57. The molecule has 1 N–H and O–H groups in total. The predicted octanol–water partition coefficient (Wildman–Crippen LogP) is 4.60. The van der Waals surface area contributed by atoms with Crippen LogP contribution in [0.15, 0.2) is 12.1 Å². The van der Waals surface area contributed by atoms with Crippen LogP contribution in [0.25, 0.3) is 0 Å². The quantitative estimate of drug-likeness (QED) is 0.881. The fourth-order valence-electron chi connectivity index (χ4n) is 2.52. The van der Waals surface area contributed by atoms with E-state index in [1.54, 1.807) is 7.11 Å². The zero-order chi connectivity index (χ0) is 14.0. The molecule has 1 aromatic carbocycles. The third-order valence-corrected chi connectivity index (χ3v) is 5.48. The van der Waals surface area contributed by atoms with E-state index >= 15 is 0 Å². The van der Waals surface area contributed by atoms with Crippen LogP contribution in [0, 0.1) is 12.3 Å². The molecule has 0 spiro atoms. The molecule has 0 radical (unpaired) electrons.